The van der Waals surface area contributed by atoms with Gasteiger partial charge in [0.15, 0.2) is 0 Å². The Morgan fingerprint density at radius 1 is 0.833 bits per heavy atom. The SMILES string of the molecule is CN(C)c1ccnc(N[C@H]2CC[C@@H](NC(=O)C(CCCCNC(=O)c3ccccc3)NC(=O)c3ccccc3)CC2)n1. The van der Waals surface area contributed by atoms with Gasteiger partial charge in [-0.1, -0.05) is 36.4 Å². The monoisotopic (exact) mass is 571 g/mol. The molecule has 222 valence electrons. The molecule has 1 fully saturated rings. The lowest BCUT2D eigenvalue weighted by Gasteiger charge is -2.31. The Morgan fingerprint density at radius 2 is 1.45 bits per heavy atom. The molecule has 2 aromatic carbocycles. The lowest BCUT2D eigenvalue weighted by atomic mass is 9.91. The lowest BCUT2D eigenvalue weighted by Crippen LogP contribution is -2.50. The molecule has 1 unspecified atom stereocenters. The minimum atomic E-state index is -0.666. The van der Waals surface area contributed by atoms with Crippen molar-refractivity contribution < 1.29 is 14.4 Å². The zero-order chi connectivity index (χ0) is 29.7. The fourth-order valence-electron chi connectivity index (χ4n) is 5.00. The van der Waals surface area contributed by atoms with Crippen LogP contribution < -0.4 is 26.2 Å². The molecule has 0 saturated heterocycles. The molecule has 0 aliphatic heterocycles. The molecular formula is C32H41N7O3. The van der Waals surface area contributed by atoms with E-state index in [1.54, 1.807) is 42.6 Å². The third kappa shape index (κ3) is 9.29. The van der Waals surface area contributed by atoms with E-state index < -0.39 is 6.04 Å². The van der Waals surface area contributed by atoms with Gasteiger partial charge in [-0.15, -0.1) is 0 Å². The minimum absolute atomic E-state index is 0.0332. The van der Waals surface area contributed by atoms with E-state index in [2.05, 4.69) is 31.2 Å². The summed E-state index contributed by atoms with van der Waals surface area (Å²) in [6, 6.07) is 19.4. The quantitative estimate of drug-likeness (QED) is 0.230. The number of unbranched alkanes of at least 4 members (excludes halogenated alkanes) is 1. The summed E-state index contributed by atoms with van der Waals surface area (Å²) < 4.78 is 0. The third-order valence-corrected chi connectivity index (χ3v) is 7.40. The van der Waals surface area contributed by atoms with Crippen LogP contribution in [0.4, 0.5) is 11.8 Å². The standard InChI is InChI=1S/C32H41N7O3/c1-39(2)28-20-22-34-32(38-28)36-26-18-16-25(17-19-26)35-31(42)27(37-30(41)24-13-7-4-8-14-24)15-9-10-21-33-29(40)23-11-5-3-6-12-23/h3-8,11-14,20,22,25-27H,9-10,15-19,21H2,1-2H3,(H,33,40)(H,35,42)(H,37,41)(H,34,36,38)/t25-,26+,27?. The van der Waals surface area contributed by atoms with Crippen molar-refractivity contribution in [3.8, 4) is 0 Å². The van der Waals surface area contributed by atoms with Crippen LogP contribution in [0.3, 0.4) is 0 Å². The molecule has 0 radical (unpaired) electrons. The molecule has 1 aromatic heterocycles. The number of hydrogen-bond acceptors (Lipinski definition) is 7. The summed E-state index contributed by atoms with van der Waals surface area (Å²) >= 11 is 0. The molecule has 1 aliphatic rings. The van der Waals surface area contributed by atoms with Crippen LogP contribution in [0.2, 0.25) is 0 Å². The number of aromatic nitrogens is 2. The fourth-order valence-corrected chi connectivity index (χ4v) is 5.00. The number of hydrogen-bond donors (Lipinski definition) is 4. The Labute approximate surface area is 247 Å². The van der Waals surface area contributed by atoms with Gasteiger partial charge >= 0.3 is 0 Å². The molecule has 1 atom stereocenters. The second-order valence-corrected chi connectivity index (χ2v) is 10.8. The van der Waals surface area contributed by atoms with Gasteiger partial charge in [0.25, 0.3) is 11.8 Å². The van der Waals surface area contributed by atoms with Crippen molar-refractivity contribution in [2.75, 3.05) is 30.9 Å². The van der Waals surface area contributed by atoms with E-state index in [9.17, 15) is 14.4 Å². The first-order valence-corrected chi connectivity index (χ1v) is 14.7. The smallest absolute Gasteiger partial charge is 0.251 e. The van der Waals surface area contributed by atoms with Crippen LogP contribution in [0.5, 0.6) is 0 Å². The molecule has 0 spiro atoms. The van der Waals surface area contributed by atoms with Gasteiger partial charge in [0.1, 0.15) is 11.9 Å². The third-order valence-electron chi connectivity index (χ3n) is 7.40. The maximum Gasteiger partial charge on any atom is 0.251 e. The van der Waals surface area contributed by atoms with E-state index in [4.69, 9.17) is 0 Å². The average Bonchev–Trinajstić information content (AvgIpc) is 3.02. The molecule has 10 nitrogen and oxygen atoms in total. The average molecular weight is 572 g/mol. The van der Waals surface area contributed by atoms with E-state index >= 15 is 0 Å². The van der Waals surface area contributed by atoms with Gasteiger partial charge in [-0.05, 0) is 75.3 Å². The van der Waals surface area contributed by atoms with Crippen molar-refractivity contribution in [2.24, 2.45) is 0 Å². The van der Waals surface area contributed by atoms with Crippen molar-refractivity contribution in [2.45, 2.75) is 63.1 Å². The summed E-state index contributed by atoms with van der Waals surface area (Å²) in [5, 5.41) is 12.5. The van der Waals surface area contributed by atoms with Crippen molar-refractivity contribution in [1.29, 1.82) is 0 Å². The van der Waals surface area contributed by atoms with Crippen LogP contribution in [0.25, 0.3) is 0 Å². The summed E-state index contributed by atoms with van der Waals surface area (Å²) in [4.78, 5) is 49.4. The summed E-state index contributed by atoms with van der Waals surface area (Å²) in [5.41, 5.74) is 1.13. The number of nitrogens with zero attached hydrogens (tertiary/aromatic N) is 3. The first kappa shape index (κ1) is 30.5. The first-order chi connectivity index (χ1) is 20.4. The Morgan fingerprint density at radius 3 is 2.10 bits per heavy atom. The van der Waals surface area contributed by atoms with Crippen LogP contribution in [0, 0.1) is 0 Å². The van der Waals surface area contributed by atoms with Crippen LogP contribution in [-0.2, 0) is 4.79 Å². The Kier molecular flexibility index (Phi) is 11.3. The van der Waals surface area contributed by atoms with Crippen LogP contribution in [-0.4, -0.2) is 66.5 Å². The molecule has 1 aliphatic carbocycles. The predicted octanol–water partition coefficient (Wildman–Crippen LogP) is 3.78. The number of benzene rings is 2. The molecule has 4 rings (SSSR count). The van der Waals surface area contributed by atoms with Gasteiger partial charge in [-0.2, -0.15) is 4.98 Å². The molecule has 3 amide bonds. The zero-order valence-electron chi connectivity index (χ0n) is 24.4. The highest BCUT2D eigenvalue weighted by molar-refractivity contribution is 5.97. The number of carbonyl (C=O) groups is 3. The van der Waals surface area contributed by atoms with E-state index in [0.29, 0.717) is 42.9 Å². The highest BCUT2D eigenvalue weighted by atomic mass is 16.2. The van der Waals surface area contributed by atoms with Gasteiger partial charge in [-0.3, -0.25) is 14.4 Å². The molecule has 0 bridgehead atoms. The number of anilines is 2. The number of rotatable bonds is 13. The Bertz CT molecular complexity index is 1300. The van der Waals surface area contributed by atoms with Gasteiger partial charge in [0, 0.05) is 50.0 Å². The largest absolute Gasteiger partial charge is 0.363 e. The molecule has 10 heteroatoms. The van der Waals surface area contributed by atoms with Crippen LogP contribution in [0.15, 0.2) is 72.9 Å². The Hall–Kier alpha value is -4.47. The summed E-state index contributed by atoms with van der Waals surface area (Å²) in [6.07, 6.45) is 6.98. The maximum atomic E-state index is 13.4. The molecule has 4 N–H and O–H groups in total. The van der Waals surface area contributed by atoms with Crippen molar-refractivity contribution >= 4 is 29.5 Å². The van der Waals surface area contributed by atoms with Crippen molar-refractivity contribution in [1.82, 2.24) is 25.9 Å². The molecule has 3 aromatic rings. The summed E-state index contributed by atoms with van der Waals surface area (Å²) in [7, 11) is 3.89. The highest BCUT2D eigenvalue weighted by Gasteiger charge is 2.27. The fraction of sp³-hybridized carbons (Fsp3) is 0.406. The van der Waals surface area contributed by atoms with E-state index in [0.717, 1.165) is 31.5 Å². The van der Waals surface area contributed by atoms with Crippen LogP contribution in [0.1, 0.15) is 65.7 Å². The maximum absolute atomic E-state index is 13.4. The minimum Gasteiger partial charge on any atom is -0.363 e. The first-order valence-electron chi connectivity index (χ1n) is 14.7. The highest BCUT2D eigenvalue weighted by Crippen LogP contribution is 2.22. The van der Waals surface area contributed by atoms with Crippen molar-refractivity contribution in [3.05, 3.63) is 84.1 Å². The Balaban J connectivity index is 1.26. The van der Waals surface area contributed by atoms with Gasteiger partial charge in [0.05, 0.1) is 0 Å². The number of carbonyl (C=O) groups excluding carboxylic acids is 3. The number of amides is 3. The van der Waals surface area contributed by atoms with Crippen LogP contribution >= 0.6 is 0 Å². The normalized spacial score (nSPS) is 17.0. The summed E-state index contributed by atoms with van der Waals surface area (Å²) in [6.45, 7) is 0.493. The molecular weight excluding hydrogens is 530 g/mol. The van der Waals surface area contributed by atoms with E-state index in [1.807, 2.05) is 49.3 Å². The molecule has 1 heterocycles. The van der Waals surface area contributed by atoms with E-state index in [1.165, 1.54) is 0 Å². The second kappa shape index (κ2) is 15.5. The van der Waals surface area contributed by atoms with Gasteiger partial charge in [0.2, 0.25) is 11.9 Å². The predicted molar refractivity (Wildman–Crippen MR) is 164 cm³/mol. The molecule has 1 saturated carbocycles. The summed E-state index contributed by atoms with van der Waals surface area (Å²) in [5.74, 6) is 0.879. The topological polar surface area (TPSA) is 128 Å². The van der Waals surface area contributed by atoms with Crippen molar-refractivity contribution in [3.63, 3.8) is 0 Å². The van der Waals surface area contributed by atoms with Gasteiger partial charge < -0.3 is 26.2 Å². The number of nitrogens with one attached hydrogen (secondary N) is 4. The molecule has 42 heavy (non-hydrogen) atoms. The second-order valence-electron chi connectivity index (χ2n) is 10.8. The van der Waals surface area contributed by atoms with E-state index in [-0.39, 0.29) is 29.8 Å². The lowest BCUT2D eigenvalue weighted by molar-refractivity contribution is -0.124. The zero-order valence-corrected chi connectivity index (χ0v) is 24.4. The van der Waals surface area contributed by atoms with Gasteiger partial charge in [-0.25, -0.2) is 4.98 Å².